The standard InChI is InChI=1S/C16H21N3/c1-16(8-3-2-4-9-16)19-14-7-10-18-15-11-12(17)5-6-13(14)15/h5-7,10-11H,2-4,8-9,17H2,1H3,(H,18,19). The summed E-state index contributed by atoms with van der Waals surface area (Å²) in [5.74, 6) is 0. The first-order valence-electron chi connectivity index (χ1n) is 7.09. The minimum Gasteiger partial charge on any atom is -0.399 e. The zero-order chi connectivity index (χ0) is 13.3. The molecule has 0 unspecified atom stereocenters. The minimum absolute atomic E-state index is 0.216. The van der Waals surface area contributed by atoms with Crippen molar-refractivity contribution in [3.8, 4) is 0 Å². The van der Waals surface area contributed by atoms with Crippen LogP contribution in [-0.4, -0.2) is 10.5 Å². The van der Waals surface area contributed by atoms with Gasteiger partial charge in [-0.15, -0.1) is 0 Å². The zero-order valence-electron chi connectivity index (χ0n) is 11.4. The first kappa shape index (κ1) is 12.3. The largest absolute Gasteiger partial charge is 0.399 e. The van der Waals surface area contributed by atoms with E-state index in [-0.39, 0.29) is 5.54 Å². The van der Waals surface area contributed by atoms with Crippen molar-refractivity contribution in [1.82, 2.24) is 4.98 Å². The van der Waals surface area contributed by atoms with Gasteiger partial charge in [-0.3, -0.25) is 4.98 Å². The molecule has 1 aliphatic rings. The Morgan fingerprint density at radius 2 is 1.95 bits per heavy atom. The molecule has 100 valence electrons. The second kappa shape index (κ2) is 4.72. The van der Waals surface area contributed by atoms with Crippen LogP contribution in [0, 0.1) is 0 Å². The van der Waals surface area contributed by atoms with E-state index in [1.165, 1.54) is 37.8 Å². The first-order valence-corrected chi connectivity index (χ1v) is 7.09. The van der Waals surface area contributed by atoms with Gasteiger partial charge in [0.05, 0.1) is 5.52 Å². The molecule has 3 nitrogen and oxygen atoms in total. The summed E-state index contributed by atoms with van der Waals surface area (Å²) in [5.41, 5.74) is 8.94. The van der Waals surface area contributed by atoms with E-state index in [1.54, 1.807) is 0 Å². The van der Waals surface area contributed by atoms with Gasteiger partial charge in [-0.05, 0) is 44.0 Å². The quantitative estimate of drug-likeness (QED) is 0.799. The van der Waals surface area contributed by atoms with Crippen LogP contribution in [0.1, 0.15) is 39.0 Å². The molecule has 0 spiro atoms. The predicted molar refractivity (Wildman–Crippen MR) is 81.3 cm³/mol. The second-order valence-electron chi connectivity index (χ2n) is 5.88. The highest BCUT2D eigenvalue weighted by Gasteiger charge is 2.26. The number of anilines is 2. The Morgan fingerprint density at radius 1 is 1.16 bits per heavy atom. The van der Waals surface area contributed by atoms with Crippen LogP contribution in [0.3, 0.4) is 0 Å². The normalized spacial score (nSPS) is 18.4. The predicted octanol–water partition coefficient (Wildman–Crippen LogP) is 3.95. The van der Waals surface area contributed by atoms with E-state index in [4.69, 9.17) is 5.73 Å². The van der Waals surface area contributed by atoms with E-state index in [0.717, 1.165) is 16.6 Å². The third-order valence-corrected chi connectivity index (χ3v) is 4.16. The number of nitrogens with zero attached hydrogens (tertiary/aromatic N) is 1. The molecule has 0 bridgehead atoms. The van der Waals surface area contributed by atoms with Crippen molar-refractivity contribution < 1.29 is 0 Å². The number of hydrogen-bond acceptors (Lipinski definition) is 3. The number of nitrogen functional groups attached to an aromatic ring is 1. The SMILES string of the molecule is CC1(Nc2ccnc3cc(N)ccc23)CCCCC1. The van der Waals surface area contributed by atoms with Crippen LogP contribution in [0.5, 0.6) is 0 Å². The Labute approximate surface area is 114 Å². The average Bonchev–Trinajstić information content (AvgIpc) is 2.39. The van der Waals surface area contributed by atoms with E-state index in [2.05, 4.69) is 29.4 Å². The smallest absolute Gasteiger partial charge is 0.0743 e. The molecule has 19 heavy (non-hydrogen) atoms. The van der Waals surface area contributed by atoms with Crippen molar-refractivity contribution in [3.05, 3.63) is 30.5 Å². The number of hydrogen-bond donors (Lipinski definition) is 2. The molecule has 1 heterocycles. The van der Waals surface area contributed by atoms with E-state index in [1.807, 2.05) is 18.3 Å². The van der Waals surface area contributed by atoms with Gasteiger partial charge in [0.15, 0.2) is 0 Å². The summed E-state index contributed by atoms with van der Waals surface area (Å²) < 4.78 is 0. The maximum atomic E-state index is 5.82. The van der Waals surface area contributed by atoms with Crippen molar-refractivity contribution in [2.75, 3.05) is 11.1 Å². The highest BCUT2D eigenvalue weighted by atomic mass is 15.0. The Morgan fingerprint density at radius 3 is 2.74 bits per heavy atom. The molecule has 2 aromatic rings. The van der Waals surface area contributed by atoms with Gasteiger partial charge in [-0.25, -0.2) is 0 Å². The summed E-state index contributed by atoms with van der Waals surface area (Å²) in [6.45, 7) is 2.33. The summed E-state index contributed by atoms with van der Waals surface area (Å²) in [6, 6.07) is 8.01. The Hall–Kier alpha value is -1.77. The fourth-order valence-corrected chi connectivity index (χ4v) is 3.06. The number of nitrogens with two attached hydrogens (primary N) is 1. The molecule has 1 fully saturated rings. The molecule has 3 heteroatoms. The molecule has 0 aliphatic heterocycles. The maximum Gasteiger partial charge on any atom is 0.0743 e. The van der Waals surface area contributed by atoms with Gasteiger partial charge < -0.3 is 11.1 Å². The molecule has 3 rings (SSSR count). The summed E-state index contributed by atoms with van der Waals surface area (Å²) in [6.07, 6.45) is 8.34. The van der Waals surface area contributed by atoms with Crippen LogP contribution in [-0.2, 0) is 0 Å². The lowest BCUT2D eigenvalue weighted by atomic mass is 9.83. The van der Waals surface area contributed by atoms with Crippen LogP contribution >= 0.6 is 0 Å². The molecule has 0 saturated heterocycles. The number of fused-ring (bicyclic) bond motifs is 1. The third-order valence-electron chi connectivity index (χ3n) is 4.16. The van der Waals surface area contributed by atoms with Gasteiger partial charge in [-0.2, -0.15) is 0 Å². The molecule has 1 aromatic heterocycles. The van der Waals surface area contributed by atoms with Gasteiger partial charge >= 0.3 is 0 Å². The molecule has 0 radical (unpaired) electrons. The van der Waals surface area contributed by atoms with Crippen molar-refractivity contribution in [3.63, 3.8) is 0 Å². The lowest BCUT2D eigenvalue weighted by Gasteiger charge is -2.36. The van der Waals surface area contributed by atoms with E-state index < -0.39 is 0 Å². The van der Waals surface area contributed by atoms with Crippen LogP contribution < -0.4 is 11.1 Å². The number of pyridine rings is 1. The van der Waals surface area contributed by atoms with Crippen LogP contribution in [0.25, 0.3) is 10.9 Å². The van der Waals surface area contributed by atoms with Crippen molar-refractivity contribution in [2.45, 2.75) is 44.6 Å². The topological polar surface area (TPSA) is 50.9 Å². The van der Waals surface area contributed by atoms with E-state index in [0.29, 0.717) is 0 Å². The van der Waals surface area contributed by atoms with Gasteiger partial charge in [0.2, 0.25) is 0 Å². The van der Waals surface area contributed by atoms with Crippen molar-refractivity contribution in [1.29, 1.82) is 0 Å². The summed E-state index contributed by atoms with van der Waals surface area (Å²) in [7, 11) is 0. The van der Waals surface area contributed by atoms with E-state index >= 15 is 0 Å². The lowest BCUT2D eigenvalue weighted by molar-refractivity contribution is 0.349. The van der Waals surface area contributed by atoms with Crippen LogP contribution in [0.4, 0.5) is 11.4 Å². The Balaban J connectivity index is 1.96. The first-order chi connectivity index (χ1) is 9.16. The summed E-state index contributed by atoms with van der Waals surface area (Å²) >= 11 is 0. The van der Waals surface area contributed by atoms with E-state index in [9.17, 15) is 0 Å². The average molecular weight is 255 g/mol. The molecule has 3 N–H and O–H groups in total. The fraction of sp³-hybridized carbons (Fsp3) is 0.438. The Bertz CT molecular complexity index is 586. The third kappa shape index (κ3) is 2.50. The fourth-order valence-electron chi connectivity index (χ4n) is 3.06. The molecule has 1 aromatic carbocycles. The number of benzene rings is 1. The summed E-state index contributed by atoms with van der Waals surface area (Å²) in [4.78, 5) is 4.40. The highest BCUT2D eigenvalue weighted by Crippen LogP contribution is 2.33. The van der Waals surface area contributed by atoms with Crippen molar-refractivity contribution in [2.24, 2.45) is 0 Å². The Kier molecular flexibility index (Phi) is 3.05. The minimum atomic E-state index is 0.216. The molecule has 0 atom stereocenters. The second-order valence-corrected chi connectivity index (χ2v) is 5.88. The monoisotopic (exact) mass is 255 g/mol. The highest BCUT2D eigenvalue weighted by molar-refractivity contribution is 5.92. The number of aromatic nitrogens is 1. The number of nitrogens with one attached hydrogen (secondary N) is 1. The maximum absolute atomic E-state index is 5.82. The van der Waals surface area contributed by atoms with Crippen LogP contribution in [0.15, 0.2) is 30.5 Å². The van der Waals surface area contributed by atoms with Gasteiger partial charge in [0.1, 0.15) is 0 Å². The molecule has 0 amide bonds. The lowest BCUT2D eigenvalue weighted by Crippen LogP contribution is -2.36. The van der Waals surface area contributed by atoms with Gasteiger partial charge in [-0.1, -0.05) is 19.3 Å². The molecular weight excluding hydrogens is 234 g/mol. The number of rotatable bonds is 2. The van der Waals surface area contributed by atoms with Crippen LogP contribution in [0.2, 0.25) is 0 Å². The molecule has 1 saturated carbocycles. The molecule has 1 aliphatic carbocycles. The molecular formula is C16H21N3. The summed E-state index contributed by atoms with van der Waals surface area (Å²) in [5, 5.41) is 4.89. The zero-order valence-corrected chi connectivity index (χ0v) is 11.4. The van der Waals surface area contributed by atoms with Crippen molar-refractivity contribution >= 4 is 22.3 Å². The van der Waals surface area contributed by atoms with Gasteiger partial charge in [0.25, 0.3) is 0 Å². The van der Waals surface area contributed by atoms with Gasteiger partial charge in [0, 0.05) is 28.5 Å².